The van der Waals surface area contributed by atoms with E-state index in [-0.39, 0.29) is 10.6 Å². The second-order valence-corrected chi connectivity index (χ2v) is 6.62. The van der Waals surface area contributed by atoms with Gasteiger partial charge in [0.15, 0.2) is 0 Å². The second kappa shape index (κ2) is 7.51. The SMILES string of the molecule is CCC(CC)(CNCc1cc(Br)ccc1F)SC. The number of halogens is 2. The lowest BCUT2D eigenvalue weighted by Crippen LogP contribution is -2.36. The molecule has 1 nitrogen and oxygen atoms in total. The van der Waals surface area contributed by atoms with Gasteiger partial charge < -0.3 is 5.32 Å². The van der Waals surface area contributed by atoms with Crippen LogP contribution in [0.4, 0.5) is 4.39 Å². The van der Waals surface area contributed by atoms with Crippen LogP contribution in [0.2, 0.25) is 0 Å². The van der Waals surface area contributed by atoms with Gasteiger partial charge in [0.25, 0.3) is 0 Å². The summed E-state index contributed by atoms with van der Waals surface area (Å²) in [6.07, 6.45) is 4.39. The summed E-state index contributed by atoms with van der Waals surface area (Å²) < 4.78 is 14.8. The monoisotopic (exact) mass is 333 g/mol. The third-order valence-electron chi connectivity index (χ3n) is 3.49. The topological polar surface area (TPSA) is 12.0 Å². The molecule has 1 aromatic rings. The summed E-state index contributed by atoms with van der Waals surface area (Å²) in [5.74, 6) is -0.145. The summed E-state index contributed by atoms with van der Waals surface area (Å²) in [7, 11) is 0. The molecule has 0 atom stereocenters. The van der Waals surface area contributed by atoms with Gasteiger partial charge in [-0.3, -0.25) is 0 Å². The lowest BCUT2D eigenvalue weighted by molar-refractivity contribution is 0.488. The van der Waals surface area contributed by atoms with Crippen molar-refractivity contribution in [1.82, 2.24) is 5.32 Å². The molecule has 1 N–H and O–H groups in total. The molecule has 0 aromatic heterocycles. The fourth-order valence-electron chi connectivity index (χ4n) is 1.96. The first-order chi connectivity index (χ1) is 8.56. The van der Waals surface area contributed by atoms with E-state index in [2.05, 4.69) is 41.3 Å². The van der Waals surface area contributed by atoms with E-state index < -0.39 is 0 Å². The maximum absolute atomic E-state index is 13.6. The van der Waals surface area contributed by atoms with Gasteiger partial charge in [-0.25, -0.2) is 4.39 Å². The van der Waals surface area contributed by atoms with Crippen LogP contribution >= 0.6 is 27.7 Å². The zero-order chi connectivity index (χ0) is 13.6. The van der Waals surface area contributed by atoms with Gasteiger partial charge >= 0.3 is 0 Å². The van der Waals surface area contributed by atoms with Crippen LogP contribution < -0.4 is 5.32 Å². The number of hydrogen-bond donors (Lipinski definition) is 1. The summed E-state index contributed by atoms with van der Waals surface area (Å²) in [6.45, 7) is 5.91. The van der Waals surface area contributed by atoms with E-state index in [0.717, 1.165) is 23.9 Å². The molecule has 0 heterocycles. The highest BCUT2D eigenvalue weighted by atomic mass is 79.9. The molecule has 1 rings (SSSR count). The van der Waals surface area contributed by atoms with Crippen LogP contribution in [0.1, 0.15) is 32.3 Å². The van der Waals surface area contributed by atoms with E-state index in [4.69, 9.17) is 0 Å². The Morgan fingerprint density at radius 3 is 2.56 bits per heavy atom. The average Bonchev–Trinajstić information content (AvgIpc) is 2.39. The zero-order valence-electron chi connectivity index (χ0n) is 11.2. The highest BCUT2D eigenvalue weighted by Gasteiger charge is 2.24. The Morgan fingerprint density at radius 2 is 2.00 bits per heavy atom. The number of thioether (sulfide) groups is 1. The molecule has 0 aliphatic heterocycles. The first-order valence-electron chi connectivity index (χ1n) is 6.26. The first-order valence-corrected chi connectivity index (χ1v) is 8.28. The minimum absolute atomic E-state index is 0.145. The Hall–Kier alpha value is -0.0600. The van der Waals surface area contributed by atoms with Crippen molar-refractivity contribution in [2.24, 2.45) is 0 Å². The Labute approximate surface area is 122 Å². The van der Waals surface area contributed by atoms with Crippen LogP contribution in [0.5, 0.6) is 0 Å². The Morgan fingerprint density at radius 1 is 1.33 bits per heavy atom. The standard InChI is InChI=1S/C14H21BrFNS/c1-4-14(5-2,18-3)10-17-9-11-8-12(15)6-7-13(11)16/h6-8,17H,4-5,9-10H2,1-3H3. The van der Waals surface area contributed by atoms with E-state index in [1.165, 1.54) is 6.07 Å². The molecular weight excluding hydrogens is 313 g/mol. The number of rotatable bonds is 7. The lowest BCUT2D eigenvalue weighted by Gasteiger charge is -2.30. The molecule has 0 aliphatic carbocycles. The van der Waals surface area contributed by atoms with Crippen LogP contribution in [-0.4, -0.2) is 17.5 Å². The molecule has 0 fully saturated rings. The second-order valence-electron chi connectivity index (χ2n) is 4.43. The van der Waals surface area contributed by atoms with E-state index in [1.807, 2.05) is 17.8 Å². The summed E-state index contributed by atoms with van der Waals surface area (Å²) in [5, 5.41) is 3.38. The highest BCUT2D eigenvalue weighted by molar-refractivity contribution is 9.10. The molecule has 0 saturated carbocycles. The maximum Gasteiger partial charge on any atom is 0.127 e. The van der Waals surface area contributed by atoms with Gasteiger partial charge in [-0.2, -0.15) is 11.8 Å². The summed E-state index contributed by atoms with van der Waals surface area (Å²) >= 11 is 5.26. The third-order valence-corrected chi connectivity index (χ3v) is 5.57. The van der Waals surface area contributed by atoms with Gasteiger partial charge in [-0.05, 0) is 37.3 Å². The van der Waals surface area contributed by atoms with Crippen molar-refractivity contribution in [1.29, 1.82) is 0 Å². The Kier molecular flexibility index (Phi) is 6.67. The molecule has 0 aliphatic rings. The minimum atomic E-state index is -0.145. The molecule has 0 saturated heterocycles. The van der Waals surface area contributed by atoms with Crippen molar-refractivity contribution in [2.45, 2.75) is 38.0 Å². The lowest BCUT2D eigenvalue weighted by atomic mass is 10.0. The number of nitrogens with one attached hydrogen (secondary N) is 1. The largest absolute Gasteiger partial charge is 0.311 e. The summed E-state index contributed by atoms with van der Waals surface area (Å²) in [4.78, 5) is 0. The van der Waals surface area contributed by atoms with Gasteiger partial charge in [0.05, 0.1) is 0 Å². The van der Waals surface area contributed by atoms with Gasteiger partial charge in [0, 0.05) is 27.9 Å². The smallest absolute Gasteiger partial charge is 0.127 e. The molecular formula is C14H21BrFNS. The predicted molar refractivity (Wildman–Crippen MR) is 82.6 cm³/mol. The van der Waals surface area contributed by atoms with Crippen LogP contribution in [-0.2, 0) is 6.54 Å². The third kappa shape index (κ3) is 4.25. The van der Waals surface area contributed by atoms with Crippen LogP contribution in [0.3, 0.4) is 0 Å². The van der Waals surface area contributed by atoms with Gasteiger partial charge in [0.2, 0.25) is 0 Å². The van der Waals surface area contributed by atoms with Crippen molar-refractivity contribution in [2.75, 3.05) is 12.8 Å². The highest BCUT2D eigenvalue weighted by Crippen LogP contribution is 2.29. The van der Waals surface area contributed by atoms with Crippen LogP contribution in [0, 0.1) is 5.82 Å². The van der Waals surface area contributed by atoms with Gasteiger partial charge in [0.1, 0.15) is 5.82 Å². The van der Waals surface area contributed by atoms with E-state index in [1.54, 1.807) is 6.07 Å². The molecule has 0 unspecified atom stereocenters. The minimum Gasteiger partial charge on any atom is -0.311 e. The first kappa shape index (κ1) is 16.0. The van der Waals surface area contributed by atoms with E-state index in [0.29, 0.717) is 12.1 Å². The average molecular weight is 334 g/mol. The van der Waals surface area contributed by atoms with Crippen molar-refractivity contribution in [3.05, 3.63) is 34.1 Å². The molecule has 102 valence electrons. The van der Waals surface area contributed by atoms with Crippen molar-refractivity contribution in [3.8, 4) is 0 Å². The van der Waals surface area contributed by atoms with Crippen LogP contribution in [0.15, 0.2) is 22.7 Å². The molecule has 0 radical (unpaired) electrons. The van der Waals surface area contributed by atoms with Crippen molar-refractivity contribution in [3.63, 3.8) is 0 Å². The van der Waals surface area contributed by atoms with E-state index >= 15 is 0 Å². The Balaban J connectivity index is 2.57. The van der Waals surface area contributed by atoms with Crippen molar-refractivity contribution >= 4 is 27.7 Å². The molecule has 1 aromatic carbocycles. The summed E-state index contributed by atoms with van der Waals surface area (Å²) in [6, 6.07) is 5.06. The van der Waals surface area contributed by atoms with Crippen LogP contribution in [0.25, 0.3) is 0 Å². The molecule has 0 amide bonds. The quantitative estimate of drug-likeness (QED) is 0.782. The summed E-state index contributed by atoms with van der Waals surface area (Å²) in [5.41, 5.74) is 0.714. The molecule has 4 heteroatoms. The van der Waals surface area contributed by atoms with E-state index in [9.17, 15) is 4.39 Å². The molecule has 18 heavy (non-hydrogen) atoms. The zero-order valence-corrected chi connectivity index (χ0v) is 13.6. The van der Waals surface area contributed by atoms with Gasteiger partial charge in [-0.1, -0.05) is 29.8 Å². The van der Waals surface area contributed by atoms with Gasteiger partial charge in [-0.15, -0.1) is 0 Å². The fourth-order valence-corrected chi connectivity index (χ4v) is 3.20. The maximum atomic E-state index is 13.6. The fraction of sp³-hybridized carbons (Fsp3) is 0.571. The predicted octanol–water partition coefficient (Wildman–Crippen LogP) is 4.60. The molecule has 0 bridgehead atoms. The number of benzene rings is 1. The molecule has 0 spiro atoms. The Bertz CT molecular complexity index is 372. The van der Waals surface area contributed by atoms with Crippen molar-refractivity contribution < 1.29 is 4.39 Å². The number of hydrogen-bond acceptors (Lipinski definition) is 2. The normalized spacial score (nSPS) is 11.8.